The number of piperidine rings is 1. The first-order valence-electron chi connectivity index (χ1n) is 7.00. The highest BCUT2D eigenvalue weighted by atomic mass is 35.5. The Morgan fingerprint density at radius 3 is 2.71 bits per heavy atom. The number of hydrogen-bond donors (Lipinski definition) is 2. The molecule has 1 fully saturated rings. The smallest absolute Gasteiger partial charge is 0.230 e. The lowest BCUT2D eigenvalue weighted by atomic mass is 9.95. The number of carbonyl (C=O) groups excluding carboxylic acids is 1. The number of aryl methyl sites for hydroxylation is 2. The van der Waals surface area contributed by atoms with Crippen molar-refractivity contribution >= 4 is 30.1 Å². The maximum Gasteiger partial charge on any atom is 0.230 e. The van der Waals surface area contributed by atoms with E-state index in [1.54, 1.807) is 0 Å². The van der Waals surface area contributed by atoms with Crippen LogP contribution >= 0.6 is 24.2 Å². The first-order valence-corrected chi connectivity index (χ1v) is 7.98. The fraction of sp³-hybridized carbons (Fsp3) is 0.643. The summed E-state index contributed by atoms with van der Waals surface area (Å²) in [5, 5.41) is 7.08. The third-order valence-electron chi connectivity index (χ3n) is 3.47. The van der Waals surface area contributed by atoms with Gasteiger partial charge in [0.05, 0.1) is 5.75 Å². The second-order valence-corrected chi connectivity index (χ2v) is 6.31. The molecule has 2 unspecified atom stereocenters. The van der Waals surface area contributed by atoms with E-state index in [2.05, 4.69) is 27.5 Å². The fourth-order valence-corrected chi connectivity index (χ4v) is 3.08. The van der Waals surface area contributed by atoms with E-state index in [4.69, 9.17) is 0 Å². The van der Waals surface area contributed by atoms with Crippen molar-refractivity contribution in [2.45, 2.75) is 38.4 Å². The second kappa shape index (κ2) is 8.56. The van der Waals surface area contributed by atoms with Gasteiger partial charge in [-0.25, -0.2) is 9.97 Å². The van der Waals surface area contributed by atoms with Crippen molar-refractivity contribution in [1.82, 2.24) is 20.6 Å². The van der Waals surface area contributed by atoms with E-state index < -0.39 is 0 Å². The zero-order valence-electron chi connectivity index (χ0n) is 12.7. The Bertz CT molecular complexity index is 466. The number of nitrogens with zero attached hydrogens (tertiary/aromatic N) is 2. The Morgan fingerprint density at radius 1 is 1.43 bits per heavy atom. The molecule has 1 saturated heterocycles. The number of hydrogen-bond acceptors (Lipinski definition) is 5. The van der Waals surface area contributed by atoms with E-state index in [-0.39, 0.29) is 24.4 Å². The molecule has 0 aliphatic carbocycles. The first kappa shape index (κ1) is 18.2. The van der Waals surface area contributed by atoms with E-state index in [0.717, 1.165) is 30.9 Å². The van der Waals surface area contributed by atoms with Crippen molar-refractivity contribution in [3.05, 3.63) is 17.5 Å². The lowest BCUT2D eigenvalue weighted by Crippen LogP contribution is -2.50. The molecular weight excluding hydrogens is 308 g/mol. The van der Waals surface area contributed by atoms with Gasteiger partial charge in [-0.2, -0.15) is 0 Å². The van der Waals surface area contributed by atoms with E-state index in [0.29, 0.717) is 16.8 Å². The predicted molar refractivity (Wildman–Crippen MR) is 88.1 cm³/mol. The normalized spacial score (nSPS) is 21.5. The van der Waals surface area contributed by atoms with E-state index in [1.165, 1.54) is 11.8 Å². The van der Waals surface area contributed by atoms with Crippen LogP contribution in [0.25, 0.3) is 0 Å². The quantitative estimate of drug-likeness (QED) is 0.650. The molecule has 2 rings (SSSR count). The average Bonchev–Trinajstić information content (AvgIpc) is 2.38. The van der Waals surface area contributed by atoms with Crippen molar-refractivity contribution in [2.24, 2.45) is 5.92 Å². The lowest BCUT2D eigenvalue weighted by molar-refractivity contribution is -0.119. The summed E-state index contributed by atoms with van der Waals surface area (Å²) < 4.78 is 0. The number of carbonyl (C=O) groups is 1. The van der Waals surface area contributed by atoms with Crippen LogP contribution in [0.2, 0.25) is 0 Å². The molecule has 118 valence electrons. The number of halogens is 1. The lowest BCUT2D eigenvalue weighted by Gasteiger charge is -2.30. The molecule has 0 radical (unpaired) electrons. The minimum Gasteiger partial charge on any atom is -0.351 e. The van der Waals surface area contributed by atoms with E-state index >= 15 is 0 Å². The standard InChI is InChI=1S/C14H22N4OS.ClH/c1-9-4-5-15-7-12(9)18-13(19)8-20-14-16-10(2)6-11(3)17-14;/h6,9,12,15H,4-5,7-8H2,1-3H3,(H,18,19);1H. The van der Waals surface area contributed by atoms with Crippen molar-refractivity contribution in [2.75, 3.05) is 18.8 Å². The van der Waals surface area contributed by atoms with Crippen molar-refractivity contribution < 1.29 is 4.79 Å². The van der Waals surface area contributed by atoms with Gasteiger partial charge >= 0.3 is 0 Å². The zero-order valence-corrected chi connectivity index (χ0v) is 14.3. The van der Waals surface area contributed by atoms with E-state index in [9.17, 15) is 4.79 Å². The molecule has 0 bridgehead atoms. The molecule has 2 heterocycles. The summed E-state index contributed by atoms with van der Waals surface area (Å²) in [6.45, 7) is 7.96. The number of amides is 1. The summed E-state index contributed by atoms with van der Waals surface area (Å²) >= 11 is 1.39. The molecule has 5 nitrogen and oxygen atoms in total. The largest absolute Gasteiger partial charge is 0.351 e. The summed E-state index contributed by atoms with van der Waals surface area (Å²) in [4.78, 5) is 20.6. The van der Waals surface area contributed by atoms with Crippen LogP contribution in [0.3, 0.4) is 0 Å². The molecule has 7 heteroatoms. The monoisotopic (exact) mass is 330 g/mol. The predicted octanol–water partition coefficient (Wildman–Crippen LogP) is 1.72. The van der Waals surface area contributed by atoms with Crippen molar-refractivity contribution in [3.8, 4) is 0 Å². The van der Waals surface area contributed by atoms with Gasteiger partial charge in [0.1, 0.15) is 0 Å². The van der Waals surface area contributed by atoms with Crippen LogP contribution in [0.1, 0.15) is 24.7 Å². The summed E-state index contributed by atoms with van der Waals surface area (Å²) in [6, 6.07) is 2.16. The molecule has 0 spiro atoms. The first-order chi connectivity index (χ1) is 9.54. The Balaban J connectivity index is 0.00000220. The third kappa shape index (κ3) is 5.80. The highest BCUT2D eigenvalue weighted by Crippen LogP contribution is 2.15. The molecule has 2 atom stereocenters. The number of aromatic nitrogens is 2. The van der Waals surface area contributed by atoms with Gasteiger partial charge in [0.2, 0.25) is 5.91 Å². The Morgan fingerprint density at radius 2 is 2.10 bits per heavy atom. The van der Waals surface area contributed by atoms with Gasteiger partial charge in [0.25, 0.3) is 0 Å². The molecule has 1 aliphatic rings. The summed E-state index contributed by atoms with van der Waals surface area (Å²) in [6.07, 6.45) is 1.11. The highest BCUT2D eigenvalue weighted by molar-refractivity contribution is 7.99. The van der Waals surface area contributed by atoms with Crippen molar-refractivity contribution in [3.63, 3.8) is 0 Å². The molecule has 1 amide bonds. The third-order valence-corrected chi connectivity index (χ3v) is 4.32. The molecule has 0 saturated carbocycles. The van der Waals surface area contributed by atoms with Crippen molar-refractivity contribution in [1.29, 1.82) is 0 Å². The van der Waals surface area contributed by atoms with Gasteiger partial charge < -0.3 is 10.6 Å². The van der Waals surface area contributed by atoms with Gasteiger partial charge in [-0.05, 0) is 38.8 Å². The van der Waals surface area contributed by atoms with Gasteiger partial charge in [-0.15, -0.1) is 12.4 Å². The fourth-order valence-electron chi connectivity index (χ4n) is 2.32. The Kier molecular flexibility index (Phi) is 7.42. The molecule has 0 aromatic carbocycles. The van der Waals surface area contributed by atoms with Gasteiger partial charge in [0, 0.05) is 24.0 Å². The molecule has 21 heavy (non-hydrogen) atoms. The molecule has 1 aromatic heterocycles. The van der Waals surface area contributed by atoms with E-state index in [1.807, 2.05) is 19.9 Å². The Hall–Kier alpha value is -0.850. The summed E-state index contributed by atoms with van der Waals surface area (Å²) in [5.74, 6) is 0.951. The maximum atomic E-state index is 12.0. The topological polar surface area (TPSA) is 66.9 Å². The van der Waals surface area contributed by atoms with Gasteiger partial charge in [-0.1, -0.05) is 18.7 Å². The highest BCUT2D eigenvalue weighted by Gasteiger charge is 2.22. The average molecular weight is 331 g/mol. The van der Waals surface area contributed by atoms with Crippen LogP contribution in [0, 0.1) is 19.8 Å². The maximum absolute atomic E-state index is 12.0. The zero-order chi connectivity index (χ0) is 14.5. The van der Waals surface area contributed by atoms with Gasteiger partial charge in [-0.3, -0.25) is 4.79 Å². The van der Waals surface area contributed by atoms with Crippen LogP contribution in [-0.4, -0.2) is 40.8 Å². The second-order valence-electron chi connectivity index (χ2n) is 5.37. The molecule has 2 N–H and O–H groups in total. The van der Waals surface area contributed by atoms with Crippen LogP contribution < -0.4 is 10.6 Å². The molecular formula is C14H23ClN4OS. The molecule has 1 aliphatic heterocycles. The SMILES string of the molecule is Cc1cc(C)nc(SCC(=O)NC2CNCCC2C)n1.Cl. The van der Waals surface area contributed by atoms with Crippen LogP contribution in [-0.2, 0) is 4.79 Å². The minimum absolute atomic E-state index is 0. The van der Waals surface area contributed by atoms with Crippen LogP contribution in [0.5, 0.6) is 0 Å². The summed E-state index contributed by atoms with van der Waals surface area (Å²) in [5.41, 5.74) is 1.87. The van der Waals surface area contributed by atoms with Crippen LogP contribution in [0.15, 0.2) is 11.2 Å². The number of thioether (sulfide) groups is 1. The molecule has 1 aromatic rings. The van der Waals surface area contributed by atoms with Gasteiger partial charge in [0.15, 0.2) is 5.16 Å². The number of rotatable bonds is 4. The minimum atomic E-state index is 0. The van der Waals surface area contributed by atoms with Crippen LogP contribution in [0.4, 0.5) is 0 Å². The number of nitrogens with one attached hydrogen (secondary N) is 2. The Labute approximate surface area is 136 Å². The summed E-state index contributed by atoms with van der Waals surface area (Å²) in [7, 11) is 0.